The van der Waals surface area contributed by atoms with Gasteiger partial charge in [-0.1, -0.05) is 36.4 Å². The number of aryl methyl sites for hydroxylation is 1. The molecule has 1 heterocycles. The summed E-state index contributed by atoms with van der Waals surface area (Å²) < 4.78 is 51.5. The van der Waals surface area contributed by atoms with Crippen molar-refractivity contribution in [3.8, 4) is 0 Å². The molecule has 1 aliphatic rings. The van der Waals surface area contributed by atoms with Crippen molar-refractivity contribution in [3.63, 3.8) is 0 Å². The molecule has 1 aliphatic heterocycles. The molecule has 1 N–H and O–H groups in total. The molecule has 0 bridgehead atoms. The molecule has 134 valence electrons. The first-order chi connectivity index (χ1) is 11.7. The van der Waals surface area contributed by atoms with E-state index in [0.717, 1.165) is 4.31 Å². The second kappa shape index (κ2) is 6.44. The number of anilines is 1. The summed E-state index contributed by atoms with van der Waals surface area (Å²) in [5, 5.41) is 10.3. The van der Waals surface area contributed by atoms with E-state index in [4.69, 9.17) is 0 Å². The van der Waals surface area contributed by atoms with Crippen LogP contribution >= 0.6 is 0 Å². The molecule has 1 fully saturated rings. The predicted octanol–water partition coefficient (Wildman–Crippen LogP) is 1.35. The van der Waals surface area contributed by atoms with Crippen LogP contribution in [0.15, 0.2) is 59.5 Å². The molecule has 1 saturated heterocycles. The van der Waals surface area contributed by atoms with Crippen molar-refractivity contribution in [3.05, 3.63) is 60.2 Å². The summed E-state index contributed by atoms with van der Waals surface area (Å²) in [6.07, 6.45) is -1.27. The van der Waals surface area contributed by atoms with Crippen molar-refractivity contribution in [1.29, 1.82) is 0 Å². The Bertz CT molecular complexity index is 971. The minimum absolute atomic E-state index is 0.0507. The van der Waals surface area contributed by atoms with E-state index in [0.29, 0.717) is 11.3 Å². The van der Waals surface area contributed by atoms with Crippen LogP contribution in [0, 0.1) is 6.92 Å². The highest BCUT2D eigenvalue weighted by Gasteiger charge is 2.45. The molecule has 2 atom stereocenters. The van der Waals surface area contributed by atoms with Crippen LogP contribution in [0.4, 0.5) is 5.69 Å². The average Bonchev–Trinajstić information content (AvgIpc) is 2.83. The van der Waals surface area contributed by atoms with Gasteiger partial charge in [0.15, 0.2) is 9.84 Å². The Morgan fingerprint density at radius 3 is 2.16 bits per heavy atom. The Kier molecular flexibility index (Phi) is 4.61. The third-order valence-corrected chi connectivity index (χ3v) is 7.80. The maximum Gasteiger partial charge on any atom is 0.264 e. The molecule has 2 aromatic carbocycles. The number of aliphatic hydroxyl groups excluding tert-OH is 1. The van der Waals surface area contributed by atoms with Crippen LogP contribution in [0.5, 0.6) is 0 Å². The number of hydrogen-bond acceptors (Lipinski definition) is 5. The van der Waals surface area contributed by atoms with E-state index >= 15 is 0 Å². The zero-order valence-electron chi connectivity index (χ0n) is 13.6. The van der Waals surface area contributed by atoms with Crippen molar-refractivity contribution >= 4 is 25.5 Å². The molecule has 3 rings (SSSR count). The number of para-hydroxylation sites is 1. The van der Waals surface area contributed by atoms with E-state index in [1.165, 1.54) is 12.1 Å². The highest BCUT2D eigenvalue weighted by atomic mass is 32.2. The summed E-state index contributed by atoms with van der Waals surface area (Å²) >= 11 is 0. The minimum Gasteiger partial charge on any atom is -0.390 e. The summed E-state index contributed by atoms with van der Waals surface area (Å²) in [7, 11) is -7.54. The van der Waals surface area contributed by atoms with Gasteiger partial charge in [-0.2, -0.15) is 0 Å². The number of hydrogen-bond donors (Lipinski definition) is 1. The Balaban J connectivity index is 2.19. The topological polar surface area (TPSA) is 91.8 Å². The van der Waals surface area contributed by atoms with Crippen molar-refractivity contribution in [2.45, 2.75) is 24.0 Å². The maximum absolute atomic E-state index is 13.2. The van der Waals surface area contributed by atoms with Crippen LogP contribution < -0.4 is 4.31 Å². The first-order valence-electron chi connectivity index (χ1n) is 7.76. The van der Waals surface area contributed by atoms with Gasteiger partial charge < -0.3 is 5.11 Å². The third-order valence-electron chi connectivity index (χ3n) is 4.25. The maximum atomic E-state index is 13.2. The van der Waals surface area contributed by atoms with Crippen molar-refractivity contribution in [2.24, 2.45) is 0 Å². The van der Waals surface area contributed by atoms with Crippen LogP contribution in [-0.4, -0.2) is 45.6 Å². The Morgan fingerprint density at radius 1 is 1.00 bits per heavy atom. The summed E-state index contributed by atoms with van der Waals surface area (Å²) in [6, 6.07) is 13.6. The number of rotatable bonds is 4. The van der Waals surface area contributed by atoms with Crippen LogP contribution in [0.1, 0.15) is 5.56 Å². The fourth-order valence-electron chi connectivity index (χ4n) is 3.04. The smallest absolute Gasteiger partial charge is 0.264 e. The van der Waals surface area contributed by atoms with Gasteiger partial charge in [-0.05, 0) is 30.7 Å². The average molecular weight is 381 g/mol. The number of sulfone groups is 1. The van der Waals surface area contributed by atoms with E-state index in [-0.39, 0.29) is 4.90 Å². The SMILES string of the molecule is Cc1ccccc1N(C1CS(=O)(=O)CC1O)S(=O)(=O)c1ccccc1. The highest BCUT2D eigenvalue weighted by molar-refractivity contribution is 7.93. The van der Waals surface area contributed by atoms with Gasteiger partial charge in [-0.15, -0.1) is 0 Å². The molecule has 0 amide bonds. The third kappa shape index (κ3) is 3.42. The van der Waals surface area contributed by atoms with Gasteiger partial charge in [0.25, 0.3) is 10.0 Å². The number of aliphatic hydroxyl groups is 1. The van der Waals surface area contributed by atoms with Gasteiger partial charge in [-0.25, -0.2) is 16.8 Å². The molecule has 25 heavy (non-hydrogen) atoms. The van der Waals surface area contributed by atoms with E-state index in [9.17, 15) is 21.9 Å². The Labute approximate surface area is 147 Å². The van der Waals surface area contributed by atoms with E-state index < -0.39 is 43.5 Å². The van der Waals surface area contributed by atoms with Gasteiger partial charge in [0.2, 0.25) is 0 Å². The molecule has 8 heteroatoms. The standard InChI is InChI=1S/C17H19NO5S2/c1-13-7-5-6-10-15(13)18(16-11-24(20,21)12-17(16)19)25(22,23)14-8-3-2-4-9-14/h2-10,16-17,19H,11-12H2,1H3. The zero-order chi connectivity index (χ0) is 18.2. The van der Waals surface area contributed by atoms with Gasteiger partial charge in [0.05, 0.1) is 34.2 Å². The first kappa shape index (κ1) is 17.9. The molecule has 0 saturated carbocycles. The molecule has 0 aliphatic carbocycles. The molecule has 2 unspecified atom stereocenters. The van der Waals surface area contributed by atoms with E-state index in [1.54, 1.807) is 49.4 Å². The summed E-state index contributed by atoms with van der Waals surface area (Å²) in [5.41, 5.74) is 1.05. The molecular formula is C17H19NO5S2. The molecule has 0 radical (unpaired) electrons. The number of sulfonamides is 1. The Hall–Kier alpha value is -1.90. The van der Waals surface area contributed by atoms with E-state index in [2.05, 4.69) is 0 Å². The molecule has 6 nitrogen and oxygen atoms in total. The molecule has 2 aromatic rings. The Morgan fingerprint density at radius 2 is 1.60 bits per heavy atom. The van der Waals surface area contributed by atoms with Gasteiger partial charge in [0.1, 0.15) is 0 Å². The van der Waals surface area contributed by atoms with Crippen LogP contribution in [0.25, 0.3) is 0 Å². The monoisotopic (exact) mass is 381 g/mol. The highest BCUT2D eigenvalue weighted by Crippen LogP contribution is 2.32. The second-order valence-electron chi connectivity index (χ2n) is 6.11. The lowest BCUT2D eigenvalue weighted by molar-refractivity contribution is 0.184. The lowest BCUT2D eigenvalue weighted by atomic mass is 10.1. The lowest BCUT2D eigenvalue weighted by Gasteiger charge is -2.32. The van der Waals surface area contributed by atoms with Crippen molar-refractivity contribution < 1.29 is 21.9 Å². The van der Waals surface area contributed by atoms with Crippen LogP contribution in [0.2, 0.25) is 0 Å². The van der Waals surface area contributed by atoms with Crippen LogP contribution in [-0.2, 0) is 19.9 Å². The second-order valence-corrected chi connectivity index (χ2v) is 10.1. The van der Waals surface area contributed by atoms with Crippen molar-refractivity contribution in [1.82, 2.24) is 0 Å². The lowest BCUT2D eigenvalue weighted by Crippen LogP contribution is -2.47. The zero-order valence-corrected chi connectivity index (χ0v) is 15.2. The summed E-state index contributed by atoms with van der Waals surface area (Å²) in [5.74, 6) is -0.848. The fourth-order valence-corrected chi connectivity index (χ4v) is 6.67. The minimum atomic E-state index is -4.03. The molecule has 0 aromatic heterocycles. The van der Waals surface area contributed by atoms with E-state index in [1.807, 2.05) is 0 Å². The normalized spacial score (nSPS) is 22.6. The van der Waals surface area contributed by atoms with Gasteiger partial charge >= 0.3 is 0 Å². The number of nitrogens with zero attached hydrogens (tertiary/aromatic N) is 1. The fraction of sp³-hybridized carbons (Fsp3) is 0.294. The molecule has 0 spiro atoms. The summed E-state index contributed by atoms with van der Waals surface area (Å²) in [4.78, 5) is 0.0507. The summed E-state index contributed by atoms with van der Waals surface area (Å²) in [6.45, 7) is 1.75. The largest absolute Gasteiger partial charge is 0.390 e. The van der Waals surface area contributed by atoms with Gasteiger partial charge in [0, 0.05) is 0 Å². The first-order valence-corrected chi connectivity index (χ1v) is 11.0. The quantitative estimate of drug-likeness (QED) is 0.863. The van der Waals surface area contributed by atoms with Gasteiger partial charge in [-0.3, -0.25) is 4.31 Å². The predicted molar refractivity (Wildman–Crippen MR) is 95.7 cm³/mol. The van der Waals surface area contributed by atoms with Crippen molar-refractivity contribution in [2.75, 3.05) is 15.8 Å². The number of benzene rings is 2. The molecular weight excluding hydrogens is 362 g/mol. The van der Waals surface area contributed by atoms with Crippen LogP contribution in [0.3, 0.4) is 0 Å².